The van der Waals surface area contributed by atoms with Gasteiger partial charge in [-0.3, -0.25) is 0 Å². The van der Waals surface area contributed by atoms with Crippen LogP contribution in [-0.4, -0.2) is 5.54 Å². The molecule has 1 aromatic carbocycles. The Labute approximate surface area is 87.5 Å². The molecule has 0 saturated carbocycles. The smallest absolute Gasteiger partial charge is 0.0379 e. The second-order valence-corrected chi connectivity index (χ2v) is 5.12. The van der Waals surface area contributed by atoms with Gasteiger partial charge in [-0.05, 0) is 38.3 Å². The maximum atomic E-state index is 3.53. The molecule has 0 aliphatic carbocycles. The highest BCUT2D eigenvalue weighted by atomic mass is 15.0. The molecular weight excluding hydrogens is 170 g/mol. The monoisotopic (exact) mass is 191 g/mol. The summed E-state index contributed by atoms with van der Waals surface area (Å²) in [5, 5.41) is 3.53. The van der Waals surface area contributed by atoms with Gasteiger partial charge in [-0.15, -0.1) is 0 Å². The van der Waals surface area contributed by atoms with Crippen molar-refractivity contribution in [3.8, 4) is 0 Å². The highest BCUT2D eigenvalue weighted by molar-refractivity contribution is 5.53. The van der Waals surface area contributed by atoms with E-state index in [2.05, 4.69) is 64.2 Å². The Morgan fingerprint density at radius 1 is 1.07 bits per heavy atom. The molecule has 1 heteroatoms. The van der Waals surface area contributed by atoms with Crippen molar-refractivity contribution >= 4 is 5.69 Å². The number of rotatable bonds is 2. The lowest BCUT2D eigenvalue weighted by Gasteiger charge is -2.25. The lowest BCUT2D eigenvalue weighted by Crippen LogP contribution is -2.26. The molecule has 0 spiro atoms. The summed E-state index contributed by atoms with van der Waals surface area (Å²) in [6, 6.07) is 8.53. The maximum absolute atomic E-state index is 3.53. The number of benzene rings is 1. The first-order valence-corrected chi connectivity index (χ1v) is 5.27. The van der Waals surface area contributed by atoms with Crippen LogP contribution in [0.5, 0.6) is 0 Å². The van der Waals surface area contributed by atoms with E-state index in [1.165, 1.54) is 11.3 Å². The molecule has 78 valence electrons. The molecular formula is C13H21N. The third-order valence-corrected chi connectivity index (χ3v) is 2.09. The van der Waals surface area contributed by atoms with Crippen LogP contribution in [0.4, 0.5) is 5.69 Å². The second-order valence-electron chi connectivity index (χ2n) is 5.12. The Hall–Kier alpha value is -0.980. The molecule has 0 bridgehead atoms. The van der Waals surface area contributed by atoms with Crippen molar-refractivity contribution in [1.29, 1.82) is 0 Å². The average Bonchev–Trinajstić information content (AvgIpc) is 2.01. The van der Waals surface area contributed by atoms with Crippen LogP contribution in [0.15, 0.2) is 24.3 Å². The van der Waals surface area contributed by atoms with Crippen molar-refractivity contribution in [1.82, 2.24) is 0 Å². The molecule has 0 aliphatic heterocycles. The summed E-state index contributed by atoms with van der Waals surface area (Å²) in [7, 11) is 0. The van der Waals surface area contributed by atoms with Crippen molar-refractivity contribution in [2.24, 2.45) is 0 Å². The van der Waals surface area contributed by atoms with Gasteiger partial charge in [0.25, 0.3) is 0 Å². The van der Waals surface area contributed by atoms with Crippen LogP contribution in [0.2, 0.25) is 0 Å². The molecule has 1 rings (SSSR count). The van der Waals surface area contributed by atoms with Gasteiger partial charge in [-0.25, -0.2) is 0 Å². The third-order valence-electron chi connectivity index (χ3n) is 2.09. The van der Waals surface area contributed by atoms with E-state index in [0.717, 1.165) is 0 Å². The van der Waals surface area contributed by atoms with E-state index in [0.29, 0.717) is 5.92 Å². The average molecular weight is 191 g/mol. The standard InChI is InChI=1S/C13H21N/c1-10(2)11-8-6-7-9-12(11)14-13(3,4)5/h6-10,14H,1-5H3. The van der Waals surface area contributed by atoms with Gasteiger partial charge in [0.2, 0.25) is 0 Å². The van der Waals surface area contributed by atoms with Gasteiger partial charge in [0, 0.05) is 11.2 Å². The van der Waals surface area contributed by atoms with Crippen molar-refractivity contribution in [3.05, 3.63) is 29.8 Å². The van der Waals surface area contributed by atoms with E-state index >= 15 is 0 Å². The molecule has 0 fully saturated rings. The fraction of sp³-hybridized carbons (Fsp3) is 0.538. The molecule has 0 unspecified atom stereocenters. The largest absolute Gasteiger partial charge is 0.380 e. The van der Waals surface area contributed by atoms with E-state index in [1.807, 2.05) is 0 Å². The van der Waals surface area contributed by atoms with Crippen molar-refractivity contribution < 1.29 is 0 Å². The summed E-state index contributed by atoms with van der Waals surface area (Å²) in [4.78, 5) is 0. The normalized spacial score (nSPS) is 11.9. The number of para-hydroxylation sites is 1. The van der Waals surface area contributed by atoms with Crippen LogP contribution in [0.3, 0.4) is 0 Å². The minimum Gasteiger partial charge on any atom is -0.380 e. The predicted molar refractivity (Wildman–Crippen MR) is 63.9 cm³/mol. The quantitative estimate of drug-likeness (QED) is 0.744. The second kappa shape index (κ2) is 4.04. The maximum Gasteiger partial charge on any atom is 0.0379 e. The van der Waals surface area contributed by atoms with Crippen LogP contribution in [0, 0.1) is 0 Å². The molecule has 0 heterocycles. The lowest BCUT2D eigenvalue weighted by molar-refractivity contribution is 0.631. The van der Waals surface area contributed by atoms with Crippen LogP contribution >= 0.6 is 0 Å². The Balaban J connectivity index is 2.96. The minimum absolute atomic E-state index is 0.130. The number of hydrogen-bond acceptors (Lipinski definition) is 1. The van der Waals surface area contributed by atoms with Crippen LogP contribution in [-0.2, 0) is 0 Å². The van der Waals surface area contributed by atoms with Crippen LogP contribution < -0.4 is 5.32 Å². The predicted octanol–water partition coefficient (Wildman–Crippen LogP) is 4.02. The molecule has 0 amide bonds. The van der Waals surface area contributed by atoms with Crippen LogP contribution in [0.25, 0.3) is 0 Å². The minimum atomic E-state index is 0.130. The summed E-state index contributed by atoms with van der Waals surface area (Å²) in [5.41, 5.74) is 2.78. The molecule has 1 aromatic rings. The molecule has 1 nitrogen and oxygen atoms in total. The summed E-state index contributed by atoms with van der Waals surface area (Å²) >= 11 is 0. The van der Waals surface area contributed by atoms with E-state index < -0.39 is 0 Å². The summed E-state index contributed by atoms with van der Waals surface area (Å²) in [6.07, 6.45) is 0. The number of anilines is 1. The summed E-state index contributed by atoms with van der Waals surface area (Å²) < 4.78 is 0. The van der Waals surface area contributed by atoms with Gasteiger partial charge in [0.1, 0.15) is 0 Å². The van der Waals surface area contributed by atoms with E-state index in [1.54, 1.807) is 0 Å². The van der Waals surface area contributed by atoms with Crippen molar-refractivity contribution in [2.75, 3.05) is 5.32 Å². The first-order chi connectivity index (χ1) is 6.40. The first kappa shape index (κ1) is 11.1. The molecule has 0 saturated heterocycles. The Morgan fingerprint density at radius 2 is 1.64 bits per heavy atom. The SMILES string of the molecule is CC(C)c1ccccc1NC(C)(C)C. The zero-order chi connectivity index (χ0) is 10.8. The van der Waals surface area contributed by atoms with Gasteiger partial charge >= 0.3 is 0 Å². The molecule has 0 aromatic heterocycles. The molecule has 0 atom stereocenters. The highest BCUT2D eigenvalue weighted by Gasteiger charge is 2.12. The number of nitrogens with one attached hydrogen (secondary N) is 1. The Bertz CT molecular complexity index is 294. The van der Waals surface area contributed by atoms with E-state index in [-0.39, 0.29) is 5.54 Å². The zero-order valence-corrected chi connectivity index (χ0v) is 9.89. The van der Waals surface area contributed by atoms with Gasteiger partial charge in [-0.1, -0.05) is 32.0 Å². The molecule has 0 radical (unpaired) electrons. The van der Waals surface area contributed by atoms with Gasteiger partial charge in [-0.2, -0.15) is 0 Å². The molecule has 1 N–H and O–H groups in total. The first-order valence-electron chi connectivity index (χ1n) is 5.27. The number of hydrogen-bond donors (Lipinski definition) is 1. The van der Waals surface area contributed by atoms with Crippen molar-refractivity contribution in [3.63, 3.8) is 0 Å². The van der Waals surface area contributed by atoms with Gasteiger partial charge < -0.3 is 5.32 Å². The van der Waals surface area contributed by atoms with Gasteiger partial charge in [0.05, 0.1) is 0 Å². The zero-order valence-electron chi connectivity index (χ0n) is 9.89. The fourth-order valence-corrected chi connectivity index (χ4v) is 1.52. The summed E-state index contributed by atoms with van der Waals surface area (Å²) in [6.45, 7) is 11.0. The molecule has 14 heavy (non-hydrogen) atoms. The van der Waals surface area contributed by atoms with Crippen molar-refractivity contribution in [2.45, 2.75) is 46.1 Å². The van der Waals surface area contributed by atoms with Gasteiger partial charge in [0.15, 0.2) is 0 Å². The van der Waals surface area contributed by atoms with E-state index in [4.69, 9.17) is 0 Å². The highest BCUT2D eigenvalue weighted by Crippen LogP contribution is 2.25. The Morgan fingerprint density at radius 3 is 2.14 bits per heavy atom. The van der Waals surface area contributed by atoms with E-state index in [9.17, 15) is 0 Å². The summed E-state index contributed by atoms with van der Waals surface area (Å²) in [5.74, 6) is 0.570. The Kier molecular flexibility index (Phi) is 3.20. The third kappa shape index (κ3) is 3.06. The topological polar surface area (TPSA) is 12.0 Å². The lowest BCUT2D eigenvalue weighted by atomic mass is 9.99. The molecule has 0 aliphatic rings. The van der Waals surface area contributed by atoms with Crippen LogP contribution in [0.1, 0.15) is 46.1 Å². The fourth-order valence-electron chi connectivity index (χ4n) is 1.52.